The van der Waals surface area contributed by atoms with Crippen molar-refractivity contribution in [3.63, 3.8) is 0 Å². The van der Waals surface area contributed by atoms with Crippen molar-refractivity contribution >= 4 is 28.8 Å². The number of halogens is 1. The standard InChI is InChI=1S/C22H16ClNO2/c1-13-17-11-18(19(23)12-20(17)24(2)22(13)26)15-9-7-14(8-10-15)16-5-3-4-6-21(16)25/h3-12,25H,1H2,2H3. The highest BCUT2D eigenvalue weighted by Crippen LogP contribution is 2.42. The molecule has 0 radical (unpaired) electrons. The van der Waals surface area contributed by atoms with Crippen LogP contribution in [0.2, 0.25) is 5.02 Å². The van der Waals surface area contributed by atoms with Gasteiger partial charge in [0.15, 0.2) is 0 Å². The third-order valence-corrected chi connectivity index (χ3v) is 5.06. The summed E-state index contributed by atoms with van der Waals surface area (Å²) in [5, 5.41) is 10.6. The Labute approximate surface area is 156 Å². The molecule has 0 fully saturated rings. The fourth-order valence-corrected chi connectivity index (χ4v) is 3.54. The summed E-state index contributed by atoms with van der Waals surface area (Å²) in [6.45, 7) is 3.89. The molecular weight excluding hydrogens is 346 g/mol. The Morgan fingerprint density at radius 1 is 0.923 bits per heavy atom. The number of rotatable bonds is 2. The number of anilines is 1. The van der Waals surface area contributed by atoms with Gasteiger partial charge in [0.2, 0.25) is 0 Å². The van der Waals surface area contributed by atoms with Crippen LogP contribution in [-0.4, -0.2) is 18.1 Å². The van der Waals surface area contributed by atoms with Crippen LogP contribution in [0.4, 0.5) is 5.69 Å². The van der Waals surface area contributed by atoms with Crippen LogP contribution in [0.25, 0.3) is 27.8 Å². The van der Waals surface area contributed by atoms with E-state index in [9.17, 15) is 9.90 Å². The molecule has 0 saturated heterocycles. The lowest BCUT2D eigenvalue weighted by Crippen LogP contribution is -2.19. The van der Waals surface area contributed by atoms with Crippen molar-refractivity contribution < 1.29 is 9.90 Å². The summed E-state index contributed by atoms with van der Waals surface area (Å²) in [5.74, 6) is 0.136. The number of carbonyl (C=O) groups is 1. The summed E-state index contributed by atoms with van der Waals surface area (Å²) in [5.41, 5.74) is 5.54. The maximum Gasteiger partial charge on any atom is 0.258 e. The van der Waals surface area contributed by atoms with Gasteiger partial charge in [-0.2, -0.15) is 0 Å². The lowest BCUT2D eigenvalue weighted by molar-refractivity contribution is -0.112. The molecule has 1 aliphatic rings. The van der Waals surface area contributed by atoms with E-state index in [-0.39, 0.29) is 11.7 Å². The van der Waals surface area contributed by atoms with Crippen molar-refractivity contribution in [2.24, 2.45) is 0 Å². The number of fused-ring (bicyclic) bond motifs is 1. The van der Waals surface area contributed by atoms with Gasteiger partial charge in [0.25, 0.3) is 5.91 Å². The molecule has 3 aromatic carbocycles. The summed E-state index contributed by atoms with van der Waals surface area (Å²) in [6, 6.07) is 18.7. The Morgan fingerprint density at radius 2 is 1.54 bits per heavy atom. The SMILES string of the molecule is C=C1C(=O)N(C)c2cc(Cl)c(-c3ccc(-c4ccccc4O)cc3)cc21. The fraction of sp³-hybridized carbons (Fsp3) is 0.0455. The quantitative estimate of drug-likeness (QED) is 0.623. The van der Waals surface area contributed by atoms with E-state index in [0.29, 0.717) is 10.6 Å². The predicted molar refractivity (Wildman–Crippen MR) is 106 cm³/mol. The highest BCUT2D eigenvalue weighted by atomic mass is 35.5. The highest BCUT2D eigenvalue weighted by Gasteiger charge is 2.29. The number of likely N-dealkylation sites (N-methyl/N-ethyl adjacent to an activating group) is 1. The number of para-hydroxylation sites is 1. The first-order chi connectivity index (χ1) is 12.5. The largest absolute Gasteiger partial charge is 0.507 e. The van der Waals surface area contributed by atoms with Crippen LogP contribution in [0.3, 0.4) is 0 Å². The zero-order valence-corrected chi connectivity index (χ0v) is 14.9. The van der Waals surface area contributed by atoms with Gasteiger partial charge in [-0.1, -0.05) is 60.6 Å². The Balaban J connectivity index is 1.77. The van der Waals surface area contributed by atoms with Gasteiger partial charge in [0, 0.05) is 29.3 Å². The molecule has 0 unspecified atom stereocenters. The van der Waals surface area contributed by atoms with Crippen LogP contribution in [0.5, 0.6) is 5.75 Å². The molecule has 1 amide bonds. The van der Waals surface area contributed by atoms with Gasteiger partial charge in [-0.05, 0) is 29.3 Å². The van der Waals surface area contributed by atoms with Crippen LogP contribution in [0.15, 0.2) is 67.2 Å². The Bertz CT molecular complexity index is 1050. The summed E-state index contributed by atoms with van der Waals surface area (Å²) in [7, 11) is 1.72. The van der Waals surface area contributed by atoms with Gasteiger partial charge < -0.3 is 10.0 Å². The topological polar surface area (TPSA) is 40.5 Å². The molecule has 3 aromatic rings. The van der Waals surface area contributed by atoms with Gasteiger partial charge >= 0.3 is 0 Å². The molecule has 0 saturated carbocycles. The Kier molecular flexibility index (Phi) is 3.82. The van der Waals surface area contributed by atoms with E-state index >= 15 is 0 Å². The van der Waals surface area contributed by atoms with Gasteiger partial charge in [-0.15, -0.1) is 0 Å². The molecule has 128 valence electrons. The van der Waals surface area contributed by atoms with E-state index in [0.717, 1.165) is 33.5 Å². The average molecular weight is 362 g/mol. The van der Waals surface area contributed by atoms with Crippen molar-refractivity contribution in [2.45, 2.75) is 0 Å². The molecule has 1 N–H and O–H groups in total. The second-order valence-electron chi connectivity index (χ2n) is 6.29. The maximum atomic E-state index is 12.1. The second-order valence-corrected chi connectivity index (χ2v) is 6.69. The number of amides is 1. The number of hydrogen-bond acceptors (Lipinski definition) is 2. The first kappa shape index (κ1) is 16.4. The third kappa shape index (κ3) is 2.49. The number of nitrogens with zero attached hydrogens (tertiary/aromatic N) is 1. The minimum absolute atomic E-state index is 0.108. The number of phenols is 1. The van der Waals surface area contributed by atoms with Crippen LogP contribution in [0, 0.1) is 0 Å². The number of hydrogen-bond donors (Lipinski definition) is 1. The third-order valence-electron chi connectivity index (χ3n) is 4.75. The molecule has 1 heterocycles. The van der Waals surface area contributed by atoms with Crippen LogP contribution < -0.4 is 4.90 Å². The number of benzene rings is 3. The molecule has 0 bridgehead atoms. The monoisotopic (exact) mass is 361 g/mol. The molecular formula is C22H16ClNO2. The molecule has 0 spiro atoms. The predicted octanol–water partition coefficient (Wildman–Crippen LogP) is 5.37. The van der Waals surface area contributed by atoms with E-state index < -0.39 is 0 Å². The van der Waals surface area contributed by atoms with E-state index in [1.807, 2.05) is 42.5 Å². The average Bonchev–Trinajstić information content (AvgIpc) is 2.86. The van der Waals surface area contributed by atoms with Gasteiger partial charge in [0.05, 0.1) is 10.7 Å². The van der Waals surface area contributed by atoms with Gasteiger partial charge in [0.1, 0.15) is 5.75 Å². The van der Waals surface area contributed by atoms with Crippen LogP contribution in [0.1, 0.15) is 5.56 Å². The lowest BCUT2D eigenvalue weighted by atomic mass is 9.97. The molecule has 0 aliphatic carbocycles. The van der Waals surface area contributed by atoms with Crippen molar-refractivity contribution in [1.82, 2.24) is 0 Å². The second kappa shape index (κ2) is 6.04. The van der Waals surface area contributed by atoms with Crippen molar-refractivity contribution in [3.8, 4) is 28.0 Å². The Morgan fingerprint density at radius 3 is 2.19 bits per heavy atom. The number of carbonyl (C=O) groups excluding carboxylic acids is 1. The minimum Gasteiger partial charge on any atom is -0.507 e. The molecule has 4 heteroatoms. The smallest absolute Gasteiger partial charge is 0.258 e. The first-order valence-corrected chi connectivity index (χ1v) is 8.55. The first-order valence-electron chi connectivity index (χ1n) is 8.17. The van der Waals surface area contributed by atoms with Crippen molar-refractivity contribution in [1.29, 1.82) is 0 Å². The van der Waals surface area contributed by atoms with Gasteiger partial charge in [-0.3, -0.25) is 4.79 Å². The summed E-state index contributed by atoms with van der Waals surface area (Å²) < 4.78 is 0. The highest BCUT2D eigenvalue weighted by molar-refractivity contribution is 6.36. The van der Waals surface area contributed by atoms with Crippen LogP contribution in [-0.2, 0) is 4.79 Å². The molecule has 0 aromatic heterocycles. The zero-order valence-electron chi connectivity index (χ0n) is 14.2. The van der Waals surface area contributed by atoms with Gasteiger partial charge in [-0.25, -0.2) is 0 Å². The van der Waals surface area contributed by atoms with E-state index in [2.05, 4.69) is 6.58 Å². The molecule has 4 rings (SSSR count). The summed E-state index contributed by atoms with van der Waals surface area (Å²) in [6.07, 6.45) is 0. The van der Waals surface area contributed by atoms with E-state index in [1.165, 1.54) is 0 Å². The summed E-state index contributed by atoms with van der Waals surface area (Å²) in [4.78, 5) is 13.7. The van der Waals surface area contributed by atoms with Crippen molar-refractivity contribution in [3.05, 3.63) is 77.8 Å². The zero-order chi connectivity index (χ0) is 18.4. The normalized spacial score (nSPS) is 13.2. The molecule has 3 nitrogen and oxygen atoms in total. The van der Waals surface area contributed by atoms with E-state index in [1.54, 1.807) is 30.1 Å². The molecule has 1 aliphatic heterocycles. The Hall–Kier alpha value is -3.04. The minimum atomic E-state index is -0.108. The van der Waals surface area contributed by atoms with E-state index in [4.69, 9.17) is 11.6 Å². The number of aromatic hydroxyl groups is 1. The number of phenolic OH excluding ortho intramolecular Hbond substituents is 1. The summed E-state index contributed by atoms with van der Waals surface area (Å²) >= 11 is 6.48. The van der Waals surface area contributed by atoms with Crippen LogP contribution >= 0.6 is 11.6 Å². The molecule has 26 heavy (non-hydrogen) atoms. The molecule has 0 atom stereocenters. The fourth-order valence-electron chi connectivity index (χ4n) is 3.28. The van der Waals surface area contributed by atoms with Crippen molar-refractivity contribution in [2.75, 3.05) is 11.9 Å². The lowest BCUT2D eigenvalue weighted by Gasteiger charge is -2.12. The maximum absolute atomic E-state index is 12.1.